The van der Waals surface area contributed by atoms with Crippen molar-refractivity contribution >= 4 is 21.4 Å². The van der Waals surface area contributed by atoms with E-state index >= 15 is 0 Å². The zero-order valence-electron chi connectivity index (χ0n) is 14.0. The molecule has 0 radical (unpaired) electrons. The molecule has 7 heteroatoms. The fourth-order valence-electron chi connectivity index (χ4n) is 3.18. The van der Waals surface area contributed by atoms with Crippen LogP contribution in [0.5, 0.6) is 0 Å². The van der Waals surface area contributed by atoms with Gasteiger partial charge in [0.1, 0.15) is 0 Å². The van der Waals surface area contributed by atoms with Gasteiger partial charge in [-0.05, 0) is 47.2 Å². The lowest BCUT2D eigenvalue weighted by Crippen LogP contribution is -2.45. The predicted octanol–water partition coefficient (Wildman–Crippen LogP) is 2.37. The van der Waals surface area contributed by atoms with Crippen LogP contribution in [0, 0.1) is 0 Å². The molecule has 1 saturated heterocycles. The molecule has 1 atom stereocenters. The largest absolute Gasteiger partial charge is 0.393 e. The molecule has 0 saturated carbocycles. The van der Waals surface area contributed by atoms with Crippen LogP contribution in [-0.2, 0) is 16.4 Å². The summed E-state index contributed by atoms with van der Waals surface area (Å²) in [4.78, 5) is 1.96. The molecule has 2 heterocycles. The molecule has 1 unspecified atom stereocenters. The summed E-state index contributed by atoms with van der Waals surface area (Å²) >= 11 is 1.50. The molecular weight excluding hydrogens is 356 g/mol. The van der Waals surface area contributed by atoms with E-state index in [0.717, 1.165) is 11.1 Å². The Balaban J connectivity index is 1.70. The lowest BCUT2D eigenvalue weighted by molar-refractivity contribution is 0.0755. The smallest absolute Gasteiger partial charge is 0.232 e. The van der Waals surface area contributed by atoms with E-state index in [0.29, 0.717) is 38.9 Å². The maximum atomic E-state index is 13.0. The van der Waals surface area contributed by atoms with Crippen molar-refractivity contribution < 1.29 is 13.5 Å². The average molecular weight is 381 g/mol. The third-order valence-electron chi connectivity index (χ3n) is 4.51. The molecule has 0 aliphatic carbocycles. The van der Waals surface area contributed by atoms with Crippen molar-refractivity contribution in [3.63, 3.8) is 0 Å². The molecule has 2 N–H and O–H groups in total. The summed E-state index contributed by atoms with van der Waals surface area (Å²) in [5.41, 5.74) is 1.91. The molecule has 0 bridgehead atoms. The van der Waals surface area contributed by atoms with Crippen LogP contribution >= 0.6 is 11.3 Å². The number of piperidine rings is 1. The van der Waals surface area contributed by atoms with Gasteiger partial charge in [0.05, 0.1) is 6.10 Å². The predicted molar refractivity (Wildman–Crippen MR) is 101 cm³/mol. The summed E-state index contributed by atoms with van der Waals surface area (Å²) < 4.78 is 28.8. The topological polar surface area (TPSA) is 69.6 Å². The summed E-state index contributed by atoms with van der Waals surface area (Å²) in [5, 5.41) is 12.8. The minimum absolute atomic E-state index is 0.326. The number of hydrogen-bond donors (Lipinski definition) is 2. The molecule has 5 nitrogen and oxygen atoms in total. The number of sulfonamides is 1. The van der Waals surface area contributed by atoms with Gasteiger partial charge in [-0.2, -0.15) is 11.3 Å². The van der Waals surface area contributed by atoms with Crippen LogP contribution in [-0.4, -0.2) is 44.2 Å². The van der Waals surface area contributed by atoms with Crippen LogP contribution in [0.3, 0.4) is 0 Å². The van der Waals surface area contributed by atoms with Crippen LogP contribution in [0.1, 0.15) is 29.3 Å². The van der Waals surface area contributed by atoms with E-state index in [1.807, 2.05) is 52.1 Å². The highest BCUT2D eigenvalue weighted by Gasteiger charge is 2.35. The third kappa shape index (κ3) is 4.89. The highest BCUT2D eigenvalue weighted by molar-refractivity contribution is 7.89. The van der Waals surface area contributed by atoms with Crippen molar-refractivity contribution in [1.82, 2.24) is 9.62 Å². The van der Waals surface area contributed by atoms with Gasteiger partial charge in [0.25, 0.3) is 0 Å². The van der Waals surface area contributed by atoms with Gasteiger partial charge in [0, 0.05) is 19.6 Å². The van der Waals surface area contributed by atoms with Crippen molar-refractivity contribution in [1.29, 1.82) is 0 Å². The Kier molecular flexibility index (Phi) is 6.24. The molecule has 1 fully saturated rings. The molecule has 0 amide bonds. The maximum Gasteiger partial charge on any atom is 0.232 e. The molecule has 3 rings (SSSR count). The van der Waals surface area contributed by atoms with Gasteiger partial charge in [-0.3, -0.25) is 4.90 Å². The first-order valence-electron chi connectivity index (χ1n) is 8.53. The van der Waals surface area contributed by atoms with Crippen LogP contribution in [0.2, 0.25) is 0 Å². The summed E-state index contributed by atoms with van der Waals surface area (Å²) in [7, 11) is -3.53. The van der Waals surface area contributed by atoms with Crippen LogP contribution < -0.4 is 4.72 Å². The van der Waals surface area contributed by atoms with Gasteiger partial charge in [0.15, 0.2) is 5.37 Å². The van der Waals surface area contributed by atoms with Gasteiger partial charge < -0.3 is 5.11 Å². The first-order chi connectivity index (χ1) is 12.1. The van der Waals surface area contributed by atoms with E-state index in [4.69, 9.17) is 0 Å². The van der Waals surface area contributed by atoms with Crippen molar-refractivity contribution in [3.05, 3.63) is 58.3 Å². The zero-order valence-corrected chi connectivity index (χ0v) is 15.7. The normalized spacial score (nSPS) is 18.3. The number of benzene rings is 1. The molecule has 1 aliphatic heterocycles. The van der Waals surface area contributed by atoms with Gasteiger partial charge in [-0.15, -0.1) is 0 Å². The molecule has 0 spiro atoms. The van der Waals surface area contributed by atoms with E-state index in [1.54, 1.807) is 0 Å². The van der Waals surface area contributed by atoms with Gasteiger partial charge in [0.2, 0.25) is 10.0 Å². The molecule has 1 aliphatic rings. The second-order valence-electron chi connectivity index (χ2n) is 6.35. The number of rotatable bonds is 7. The lowest BCUT2D eigenvalue weighted by Gasteiger charge is -2.35. The fourth-order valence-corrected chi connectivity index (χ4v) is 5.60. The number of aliphatic hydroxyl groups excluding tert-OH is 1. The zero-order chi connectivity index (χ0) is 17.7. The first kappa shape index (κ1) is 18.5. The number of thiophene rings is 1. The number of aliphatic hydroxyl groups is 1. The summed E-state index contributed by atoms with van der Waals surface area (Å²) in [6, 6.07) is 11.7. The highest BCUT2D eigenvalue weighted by atomic mass is 32.2. The van der Waals surface area contributed by atoms with Crippen LogP contribution in [0.25, 0.3) is 0 Å². The van der Waals surface area contributed by atoms with E-state index in [2.05, 4.69) is 4.72 Å². The fraction of sp³-hybridized carbons (Fsp3) is 0.444. The van der Waals surface area contributed by atoms with Crippen molar-refractivity contribution in [2.75, 3.05) is 19.6 Å². The molecular formula is C18H24N2O3S2. The summed E-state index contributed by atoms with van der Waals surface area (Å²) in [5.74, 6) is 0. The van der Waals surface area contributed by atoms with E-state index in [9.17, 15) is 13.5 Å². The molecule has 136 valence electrons. The summed E-state index contributed by atoms with van der Waals surface area (Å²) in [6.45, 7) is 1.55. The Morgan fingerprint density at radius 3 is 2.56 bits per heavy atom. The van der Waals surface area contributed by atoms with Crippen LogP contribution in [0.15, 0.2) is 47.2 Å². The van der Waals surface area contributed by atoms with Crippen molar-refractivity contribution in [2.24, 2.45) is 0 Å². The SMILES string of the molecule is O=S(=O)(NCCc1ccccc1)C(c1ccsc1)N1CCC(O)CC1. The second kappa shape index (κ2) is 8.42. The Morgan fingerprint density at radius 2 is 1.92 bits per heavy atom. The third-order valence-corrected chi connectivity index (χ3v) is 6.98. The Hall–Kier alpha value is -1.25. The Bertz CT molecular complexity index is 740. The maximum absolute atomic E-state index is 13.0. The minimum Gasteiger partial charge on any atom is -0.393 e. The standard InChI is InChI=1S/C18H24N2O3S2/c21-17-7-11-20(12-8-17)18(16-9-13-24-14-16)25(22,23)19-10-6-15-4-2-1-3-5-15/h1-5,9,13-14,17-19,21H,6-8,10-12H2. The van der Waals surface area contributed by atoms with E-state index in [1.165, 1.54) is 11.3 Å². The van der Waals surface area contributed by atoms with Gasteiger partial charge in [-0.25, -0.2) is 13.1 Å². The molecule has 2 aromatic rings. The quantitative estimate of drug-likeness (QED) is 0.774. The number of nitrogens with one attached hydrogen (secondary N) is 1. The van der Waals surface area contributed by atoms with Gasteiger partial charge in [-0.1, -0.05) is 30.3 Å². The van der Waals surface area contributed by atoms with E-state index in [-0.39, 0.29) is 6.10 Å². The van der Waals surface area contributed by atoms with Crippen LogP contribution in [0.4, 0.5) is 0 Å². The van der Waals surface area contributed by atoms with Crippen molar-refractivity contribution in [3.8, 4) is 0 Å². The minimum atomic E-state index is -3.53. The highest BCUT2D eigenvalue weighted by Crippen LogP contribution is 2.30. The number of likely N-dealkylation sites (tertiary alicyclic amines) is 1. The monoisotopic (exact) mass is 380 g/mol. The second-order valence-corrected chi connectivity index (χ2v) is 8.96. The molecule has 25 heavy (non-hydrogen) atoms. The Labute approximate surface area is 153 Å². The van der Waals surface area contributed by atoms with Crippen molar-refractivity contribution in [2.45, 2.75) is 30.7 Å². The molecule has 1 aromatic heterocycles. The summed E-state index contributed by atoms with van der Waals surface area (Å²) in [6.07, 6.45) is 1.56. The van der Waals surface area contributed by atoms with E-state index < -0.39 is 15.4 Å². The number of hydrogen-bond acceptors (Lipinski definition) is 5. The Morgan fingerprint density at radius 1 is 1.20 bits per heavy atom. The average Bonchev–Trinajstić information content (AvgIpc) is 3.11. The first-order valence-corrected chi connectivity index (χ1v) is 11.0. The molecule has 1 aromatic carbocycles. The lowest BCUT2D eigenvalue weighted by atomic mass is 10.1. The van der Waals surface area contributed by atoms with Gasteiger partial charge >= 0.3 is 0 Å². The number of nitrogens with zero attached hydrogens (tertiary/aromatic N) is 1.